The first-order chi connectivity index (χ1) is 4.79. The largest absolute Gasteiger partial charge is 0.478 e. The van der Waals surface area contributed by atoms with E-state index in [9.17, 15) is 4.79 Å². The van der Waals surface area contributed by atoms with Gasteiger partial charge < -0.3 is 5.11 Å². The Kier molecular flexibility index (Phi) is 2.17. The SMILES string of the molecule is O=C(O)/C=C/c1cscn1. The van der Waals surface area contributed by atoms with Gasteiger partial charge in [0.2, 0.25) is 0 Å². The van der Waals surface area contributed by atoms with E-state index in [0.717, 1.165) is 6.08 Å². The Labute approximate surface area is 61.7 Å². The Morgan fingerprint density at radius 2 is 2.60 bits per heavy atom. The molecule has 0 aliphatic heterocycles. The lowest BCUT2D eigenvalue weighted by Crippen LogP contribution is -1.85. The minimum Gasteiger partial charge on any atom is -0.478 e. The van der Waals surface area contributed by atoms with Crippen molar-refractivity contribution in [2.24, 2.45) is 0 Å². The van der Waals surface area contributed by atoms with Gasteiger partial charge in [-0.2, -0.15) is 0 Å². The molecule has 0 radical (unpaired) electrons. The van der Waals surface area contributed by atoms with Crippen LogP contribution in [0.25, 0.3) is 6.08 Å². The van der Waals surface area contributed by atoms with Crippen molar-refractivity contribution in [2.75, 3.05) is 0 Å². The van der Waals surface area contributed by atoms with Crippen LogP contribution in [0.3, 0.4) is 0 Å². The molecule has 0 aliphatic rings. The minimum atomic E-state index is -0.951. The number of hydrogen-bond donors (Lipinski definition) is 1. The zero-order valence-corrected chi connectivity index (χ0v) is 5.84. The summed E-state index contributed by atoms with van der Waals surface area (Å²) in [5, 5.41) is 9.98. The van der Waals surface area contributed by atoms with Crippen molar-refractivity contribution in [1.29, 1.82) is 0 Å². The van der Waals surface area contributed by atoms with E-state index in [0.29, 0.717) is 5.69 Å². The molecule has 4 heteroatoms. The Hall–Kier alpha value is -1.16. The fourth-order valence-electron chi connectivity index (χ4n) is 0.461. The first-order valence-electron chi connectivity index (χ1n) is 2.58. The maximum absolute atomic E-state index is 9.98. The van der Waals surface area contributed by atoms with E-state index in [1.54, 1.807) is 10.9 Å². The highest BCUT2D eigenvalue weighted by Crippen LogP contribution is 2.01. The summed E-state index contributed by atoms with van der Waals surface area (Å²) < 4.78 is 0. The highest BCUT2D eigenvalue weighted by atomic mass is 32.1. The summed E-state index contributed by atoms with van der Waals surface area (Å²) in [5.41, 5.74) is 2.34. The van der Waals surface area contributed by atoms with E-state index in [2.05, 4.69) is 4.98 Å². The molecule has 1 aromatic rings. The fraction of sp³-hybridized carbons (Fsp3) is 0. The van der Waals surface area contributed by atoms with Gasteiger partial charge in [-0.25, -0.2) is 9.78 Å². The third-order valence-corrected chi connectivity index (χ3v) is 1.45. The first-order valence-corrected chi connectivity index (χ1v) is 3.52. The lowest BCUT2D eigenvalue weighted by Gasteiger charge is -1.77. The second-order valence-corrected chi connectivity index (χ2v) is 2.30. The van der Waals surface area contributed by atoms with Gasteiger partial charge in [0.1, 0.15) is 0 Å². The van der Waals surface area contributed by atoms with Crippen molar-refractivity contribution in [3.8, 4) is 0 Å². The lowest BCUT2D eigenvalue weighted by atomic mass is 10.4. The number of aromatic nitrogens is 1. The van der Waals surface area contributed by atoms with E-state index in [4.69, 9.17) is 5.11 Å². The van der Waals surface area contributed by atoms with Crippen molar-refractivity contribution in [2.45, 2.75) is 0 Å². The Morgan fingerprint density at radius 3 is 3.10 bits per heavy atom. The molecule has 0 saturated carbocycles. The van der Waals surface area contributed by atoms with Gasteiger partial charge in [0.25, 0.3) is 0 Å². The zero-order chi connectivity index (χ0) is 7.40. The van der Waals surface area contributed by atoms with Crippen LogP contribution < -0.4 is 0 Å². The molecule has 1 N–H and O–H groups in total. The standard InChI is InChI=1S/C6H5NO2S/c8-6(9)2-1-5-3-10-4-7-5/h1-4H,(H,8,9)/b2-1+. The van der Waals surface area contributed by atoms with E-state index in [1.807, 2.05) is 0 Å². The summed E-state index contributed by atoms with van der Waals surface area (Å²) in [4.78, 5) is 13.8. The van der Waals surface area contributed by atoms with E-state index in [1.165, 1.54) is 17.4 Å². The van der Waals surface area contributed by atoms with E-state index >= 15 is 0 Å². The molecular formula is C6H5NO2S. The van der Waals surface area contributed by atoms with Gasteiger partial charge in [0.05, 0.1) is 11.2 Å². The quantitative estimate of drug-likeness (QED) is 0.654. The molecule has 0 saturated heterocycles. The number of rotatable bonds is 2. The third-order valence-electron chi connectivity index (χ3n) is 0.848. The van der Waals surface area contributed by atoms with E-state index < -0.39 is 5.97 Å². The number of carboxylic acids is 1. The van der Waals surface area contributed by atoms with Gasteiger partial charge in [-0.15, -0.1) is 11.3 Å². The smallest absolute Gasteiger partial charge is 0.328 e. The van der Waals surface area contributed by atoms with Crippen LogP contribution in [0.15, 0.2) is 17.0 Å². The summed E-state index contributed by atoms with van der Waals surface area (Å²) >= 11 is 1.44. The number of hydrogen-bond acceptors (Lipinski definition) is 3. The number of carboxylic acid groups (broad SMARTS) is 1. The molecule has 1 aromatic heterocycles. The number of aliphatic carboxylic acids is 1. The highest BCUT2D eigenvalue weighted by Gasteiger charge is 1.88. The molecule has 0 aromatic carbocycles. The highest BCUT2D eigenvalue weighted by molar-refractivity contribution is 7.07. The first kappa shape index (κ1) is 6.95. The van der Waals surface area contributed by atoms with Crippen LogP contribution in [0.2, 0.25) is 0 Å². The van der Waals surface area contributed by atoms with Gasteiger partial charge in [-0.1, -0.05) is 0 Å². The lowest BCUT2D eigenvalue weighted by molar-refractivity contribution is -0.131. The van der Waals surface area contributed by atoms with Gasteiger partial charge in [0, 0.05) is 11.5 Å². The molecule has 0 atom stereocenters. The molecule has 3 nitrogen and oxygen atoms in total. The topological polar surface area (TPSA) is 50.2 Å². The molecule has 0 bridgehead atoms. The van der Waals surface area contributed by atoms with Crippen LogP contribution in [0, 0.1) is 0 Å². The molecule has 52 valence electrons. The van der Waals surface area contributed by atoms with Crippen LogP contribution in [-0.4, -0.2) is 16.1 Å². The Bertz CT molecular complexity index is 240. The van der Waals surface area contributed by atoms with Gasteiger partial charge in [0.15, 0.2) is 0 Å². The summed E-state index contributed by atoms with van der Waals surface area (Å²) in [6.07, 6.45) is 2.52. The maximum Gasteiger partial charge on any atom is 0.328 e. The molecule has 0 spiro atoms. The second-order valence-electron chi connectivity index (χ2n) is 1.58. The Morgan fingerprint density at radius 1 is 1.80 bits per heavy atom. The normalized spacial score (nSPS) is 10.4. The van der Waals surface area contributed by atoms with Crippen molar-refractivity contribution in [1.82, 2.24) is 4.98 Å². The molecule has 1 heterocycles. The van der Waals surface area contributed by atoms with Crippen LogP contribution >= 0.6 is 11.3 Å². The summed E-state index contributed by atoms with van der Waals surface area (Å²) in [7, 11) is 0. The Balaban J connectivity index is 2.64. The number of thiazole rings is 1. The summed E-state index contributed by atoms with van der Waals surface area (Å²) in [6, 6.07) is 0. The minimum absolute atomic E-state index is 0.687. The number of carbonyl (C=O) groups is 1. The third kappa shape index (κ3) is 1.99. The van der Waals surface area contributed by atoms with Gasteiger partial charge in [-0.05, 0) is 6.08 Å². The summed E-state index contributed by atoms with van der Waals surface area (Å²) in [5.74, 6) is -0.951. The predicted molar refractivity (Wildman–Crippen MR) is 38.8 cm³/mol. The fourth-order valence-corrected chi connectivity index (χ4v) is 0.983. The van der Waals surface area contributed by atoms with Crippen molar-refractivity contribution in [3.63, 3.8) is 0 Å². The summed E-state index contributed by atoms with van der Waals surface area (Å²) in [6.45, 7) is 0. The average molecular weight is 155 g/mol. The van der Waals surface area contributed by atoms with Crippen molar-refractivity contribution >= 4 is 23.4 Å². The molecule has 10 heavy (non-hydrogen) atoms. The van der Waals surface area contributed by atoms with Gasteiger partial charge in [-0.3, -0.25) is 0 Å². The molecule has 0 fully saturated rings. The monoisotopic (exact) mass is 155 g/mol. The molecule has 0 amide bonds. The second kappa shape index (κ2) is 3.12. The van der Waals surface area contributed by atoms with Crippen molar-refractivity contribution in [3.05, 3.63) is 22.7 Å². The molecular weight excluding hydrogens is 150 g/mol. The van der Waals surface area contributed by atoms with Crippen LogP contribution in [-0.2, 0) is 4.79 Å². The van der Waals surface area contributed by atoms with Gasteiger partial charge >= 0.3 is 5.97 Å². The zero-order valence-electron chi connectivity index (χ0n) is 5.02. The number of nitrogens with zero attached hydrogens (tertiary/aromatic N) is 1. The van der Waals surface area contributed by atoms with Crippen molar-refractivity contribution < 1.29 is 9.90 Å². The molecule has 1 rings (SSSR count). The maximum atomic E-state index is 9.98. The molecule has 0 aliphatic carbocycles. The predicted octanol–water partition coefficient (Wildman–Crippen LogP) is 1.24. The average Bonchev–Trinajstić information content (AvgIpc) is 2.34. The van der Waals surface area contributed by atoms with Crippen LogP contribution in [0.5, 0.6) is 0 Å². The molecule has 0 unspecified atom stereocenters. The van der Waals surface area contributed by atoms with E-state index in [-0.39, 0.29) is 0 Å². The van der Waals surface area contributed by atoms with Crippen LogP contribution in [0.1, 0.15) is 5.69 Å². The van der Waals surface area contributed by atoms with Crippen LogP contribution in [0.4, 0.5) is 0 Å².